The highest BCUT2D eigenvalue weighted by molar-refractivity contribution is 5.89. The third-order valence-electron chi connectivity index (χ3n) is 3.18. The van der Waals surface area contributed by atoms with Gasteiger partial charge in [-0.2, -0.15) is 0 Å². The van der Waals surface area contributed by atoms with Crippen LogP contribution in [-0.4, -0.2) is 66.0 Å². The van der Waals surface area contributed by atoms with E-state index in [-0.39, 0.29) is 12.5 Å². The Balaban J connectivity index is 2.54. The SMILES string of the molecule is CN(C)C(=O)CN(C)C(=O)NC1(C(=O)O)CCC1. The predicted octanol–water partition coefficient (Wildman–Crippen LogP) is -0.277. The number of hydrogen-bond acceptors (Lipinski definition) is 3. The standard InChI is InChI=1S/C11H19N3O4/c1-13(2)8(15)7-14(3)10(18)12-11(9(16)17)5-4-6-11/h4-7H2,1-3H3,(H,12,18)(H,16,17). The van der Waals surface area contributed by atoms with E-state index in [1.165, 1.54) is 16.8 Å². The highest BCUT2D eigenvalue weighted by Crippen LogP contribution is 2.32. The van der Waals surface area contributed by atoms with Gasteiger partial charge in [0.2, 0.25) is 5.91 Å². The van der Waals surface area contributed by atoms with Crippen molar-refractivity contribution in [1.82, 2.24) is 15.1 Å². The largest absolute Gasteiger partial charge is 0.480 e. The Morgan fingerprint density at radius 2 is 1.78 bits per heavy atom. The van der Waals surface area contributed by atoms with Gasteiger partial charge in [-0.25, -0.2) is 9.59 Å². The second-order valence-corrected chi connectivity index (χ2v) is 4.82. The molecule has 1 rings (SSSR count). The molecule has 1 aliphatic rings. The monoisotopic (exact) mass is 257 g/mol. The number of carboxylic acid groups (broad SMARTS) is 1. The average molecular weight is 257 g/mol. The van der Waals surface area contributed by atoms with Crippen LogP contribution in [-0.2, 0) is 9.59 Å². The maximum absolute atomic E-state index is 11.8. The van der Waals surface area contributed by atoms with Crippen molar-refractivity contribution in [3.8, 4) is 0 Å². The van der Waals surface area contributed by atoms with Crippen molar-refractivity contribution in [1.29, 1.82) is 0 Å². The third-order valence-corrected chi connectivity index (χ3v) is 3.18. The highest BCUT2D eigenvalue weighted by Gasteiger charge is 2.46. The van der Waals surface area contributed by atoms with Crippen molar-refractivity contribution in [2.24, 2.45) is 0 Å². The number of urea groups is 1. The fraction of sp³-hybridized carbons (Fsp3) is 0.727. The molecule has 0 aromatic carbocycles. The van der Waals surface area contributed by atoms with Gasteiger partial charge in [-0.3, -0.25) is 4.79 Å². The van der Waals surface area contributed by atoms with Crippen LogP contribution in [0, 0.1) is 0 Å². The Hall–Kier alpha value is -1.79. The van der Waals surface area contributed by atoms with Crippen LogP contribution in [0.4, 0.5) is 4.79 Å². The number of nitrogens with one attached hydrogen (secondary N) is 1. The molecule has 0 atom stereocenters. The molecule has 3 amide bonds. The van der Waals surface area contributed by atoms with Gasteiger partial charge in [0, 0.05) is 21.1 Å². The predicted molar refractivity (Wildman–Crippen MR) is 64.1 cm³/mol. The number of nitrogens with zero attached hydrogens (tertiary/aromatic N) is 2. The summed E-state index contributed by atoms with van der Waals surface area (Å²) in [5.41, 5.74) is -1.15. The molecular weight excluding hydrogens is 238 g/mol. The summed E-state index contributed by atoms with van der Waals surface area (Å²) in [6.07, 6.45) is 1.65. The van der Waals surface area contributed by atoms with Gasteiger partial charge in [0.05, 0.1) is 0 Å². The second kappa shape index (κ2) is 5.24. The van der Waals surface area contributed by atoms with Gasteiger partial charge < -0.3 is 20.2 Å². The molecule has 0 aromatic heterocycles. The van der Waals surface area contributed by atoms with Crippen molar-refractivity contribution in [3.63, 3.8) is 0 Å². The molecule has 0 saturated heterocycles. The van der Waals surface area contributed by atoms with E-state index in [0.717, 1.165) is 6.42 Å². The summed E-state index contributed by atoms with van der Waals surface area (Å²) in [5, 5.41) is 11.6. The second-order valence-electron chi connectivity index (χ2n) is 4.82. The Labute approximate surface area is 106 Å². The lowest BCUT2D eigenvalue weighted by molar-refractivity contribution is -0.148. The van der Waals surface area contributed by atoms with Crippen LogP contribution in [0.15, 0.2) is 0 Å². The minimum Gasteiger partial charge on any atom is -0.480 e. The molecule has 0 radical (unpaired) electrons. The van der Waals surface area contributed by atoms with Gasteiger partial charge in [0.25, 0.3) is 0 Å². The van der Waals surface area contributed by atoms with Crippen LogP contribution in [0.5, 0.6) is 0 Å². The zero-order chi connectivity index (χ0) is 13.9. The summed E-state index contributed by atoms with van der Waals surface area (Å²) in [4.78, 5) is 36.9. The van der Waals surface area contributed by atoms with E-state index in [0.29, 0.717) is 12.8 Å². The third kappa shape index (κ3) is 2.91. The first-order valence-corrected chi connectivity index (χ1v) is 5.75. The molecule has 0 unspecified atom stereocenters. The first kappa shape index (κ1) is 14.3. The van der Waals surface area contributed by atoms with Crippen LogP contribution in [0.1, 0.15) is 19.3 Å². The fourth-order valence-corrected chi connectivity index (χ4v) is 1.64. The molecule has 7 heteroatoms. The zero-order valence-corrected chi connectivity index (χ0v) is 10.9. The van der Waals surface area contributed by atoms with Crippen molar-refractivity contribution >= 4 is 17.9 Å². The van der Waals surface area contributed by atoms with Gasteiger partial charge >= 0.3 is 12.0 Å². The number of likely N-dealkylation sites (N-methyl/N-ethyl adjacent to an activating group) is 2. The van der Waals surface area contributed by atoms with Crippen LogP contribution >= 0.6 is 0 Å². The molecule has 0 heterocycles. The average Bonchev–Trinajstić information content (AvgIpc) is 2.21. The molecule has 0 aliphatic heterocycles. The van der Waals surface area contributed by atoms with Crippen molar-refractivity contribution in [2.45, 2.75) is 24.8 Å². The number of hydrogen-bond donors (Lipinski definition) is 2. The summed E-state index contributed by atoms with van der Waals surface area (Å²) in [5.74, 6) is -1.24. The molecule has 0 spiro atoms. The topological polar surface area (TPSA) is 90.0 Å². The number of rotatable bonds is 4. The normalized spacial score (nSPS) is 16.4. The number of carbonyl (C=O) groups excluding carboxylic acids is 2. The minimum atomic E-state index is -1.15. The lowest BCUT2D eigenvalue weighted by atomic mass is 9.77. The van der Waals surface area contributed by atoms with Gasteiger partial charge in [0.15, 0.2) is 0 Å². The number of carbonyl (C=O) groups is 3. The van der Waals surface area contributed by atoms with Crippen LogP contribution < -0.4 is 5.32 Å². The molecule has 102 valence electrons. The molecule has 18 heavy (non-hydrogen) atoms. The molecule has 0 bridgehead atoms. The number of carboxylic acids is 1. The highest BCUT2D eigenvalue weighted by atomic mass is 16.4. The maximum Gasteiger partial charge on any atom is 0.329 e. The number of aliphatic carboxylic acids is 1. The maximum atomic E-state index is 11.8. The van der Waals surface area contributed by atoms with Gasteiger partial charge in [-0.1, -0.05) is 0 Å². The van der Waals surface area contributed by atoms with E-state index >= 15 is 0 Å². The molecule has 1 aliphatic carbocycles. The van der Waals surface area contributed by atoms with Crippen LogP contribution in [0.3, 0.4) is 0 Å². The zero-order valence-electron chi connectivity index (χ0n) is 10.9. The molecule has 1 saturated carbocycles. The first-order valence-electron chi connectivity index (χ1n) is 5.75. The summed E-state index contributed by atoms with van der Waals surface area (Å²) in [6.45, 7) is -0.0749. The molecular formula is C11H19N3O4. The number of amides is 3. The Morgan fingerprint density at radius 1 is 1.22 bits per heavy atom. The van der Waals surface area contributed by atoms with E-state index in [9.17, 15) is 14.4 Å². The smallest absolute Gasteiger partial charge is 0.329 e. The van der Waals surface area contributed by atoms with Gasteiger partial charge in [0.1, 0.15) is 12.1 Å². The fourth-order valence-electron chi connectivity index (χ4n) is 1.64. The van der Waals surface area contributed by atoms with Crippen LogP contribution in [0.2, 0.25) is 0 Å². The van der Waals surface area contributed by atoms with E-state index < -0.39 is 17.5 Å². The lowest BCUT2D eigenvalue weighted by Crippen LogP contribution is -2.61. The van der Waals surface area contributed by atoms with E-state index in [4.69, 9.17) is 5.11 Å². The Bertz CT molecular complexity index is 363. The van der Waals surface area contributed by atoms with Crippen molar-refractivity contribution in [2.75, 3.05) is 27.7 Å². The van der Waals surface area contributed by atoms with Crippen LogP contribution in [0.25, 0.3) is 0 Å². The van der Waals surface area contributed by atoms with E-state index in [2.05, 4.69) is 5.32 Å². The quantitative estimate of drug-likeness (QED) is 0.725. The molecule has 1 fully saturated rings. The summed E-state index contributed by atoms with van der Waals surface area (Å²) < 4.78 is 0. The van der Waals surface area contributed by atoms with E-state index in [1.54, 1.807) is 14.1 Å². The Kier molecular flexibility index (Phi) is 4.15. The van der Waals surface area contributed by atoms with Gasteiger partial charge in [-0.05, 0) is 19.3 Å². The summed E-state index contributed by atoms with van der Waals surface area (Å²) >= 11 is 0. The van der Waals surface area contributed by atoms with Gasteiger partial charge in [-0.15, -0.1) is 0 Å². The lowest BCUT2D eigenvalue weighted by Gasteiger charge is -2.39. The minimum absolute atomic E-state index is 0.0749. The summed E-state index contributed by atoms with van der Waals surface area (Å²) in [7, 11) is 4.66. The Morgan fingerprint density at radius 3 is 2.11 bits per heavy atom. The first-order chi connectivity index (χ1) is 8.28. The molecule has 2 N–H and O–H groups in total. The summed E-state index contributed by atoms with van der Waals surface area (Å²) in [6, 6.07) is -0.535. The van der Waals surface area contributed by atoms with Crippen molar-refractivity contribution in [3.05, 3.63) is 0 Å². The molecule has 0 aromatic rings. The van der Waals surface area contributed by atoms with E-state index in [1.807, 2.05) is 0 Å². The molecule has 7 nitrogen and oxygen atoms in total. The van der Waals surface area contributed by atoms with Crippen molar-refractivity contribution < 1.29 is 19.5 Å².